The van der Waals surface area contributed by atoms with Gasteiger partial charge in [-0.25, -0.2) is 0 Å². The van der Waals surface area contributed by atoms with Crippen LogP contribution in [0.15, 0.2) is 28.7 Å². The van der Waals surface area contributed by atoms with Crippen LogP contribution in [0.2, 0.25) is 0 Å². The Morgan fingerprint density at radius 3 is 2.43 bits per heavy atom. The molecule has 1 rings (SSSR count). The molecule has 0 saturated carbocycles. The van der Waals surface area contributed by atoms with Crippen LogP contribution in [-0.4, -0.2) is 37.1 Å². The van der Waals surface area contributed by atoms with Crippen molar-refractivity contribution < 1.29 is 9.53 Å². The summed E-state index contributed by atoms with van der Waals surface area (Å²) in [5, 5.41) is 0. The number of hydrogen-bond acceptors (Lipinski definition) is 3. The van der Waals surface area contributed by atoms with Crippen molar-refractivity contribution in [2.45, 2.75) is 26.7 Å². The maximum absolute atomic E-state index is 11.9. The van der Waals surface area contributed by atoms with Crippen molar-refractivity contribution >= 4 is 21.9 Å². The van der Waals surface area contributed by atoms with Crippen molar-refractivity contribution in [2.75, 3.05) is 26.2 Å². The molecule has 1 unspecified atom stereocenters. The summed E-state index contributed by atoms with van der Waals surface area (Å²) in [6, 6.07) is 7.68. The number of hydrogen-bond donors (Lipinski definition) is 0. The average molecular weight is 352 g/mol. The molecular weight excluding hydrogens is 330 g/mol. The number of rotatable bonds is 6. The molecule has 0 aliphatic heterocycles. The molecule has 0 amide bonds. The molecule has 1 atom stereocenters. The second kappa shape index (κ2) is 9.59. The van der Waals surface area contributed by atoms with Gasteiger partial charge in [0, 0.05) is 4.47 Å². The fraction of sp³-hybridized carbons (Fsp3) is 0.471. The first-order valence-corrected chi connectivity index (χ1v) is 7.97. The fourth-order valence-electron chi connectivity index (χ4n) is 1.79. The van der Waals surface area contributed by atoms with Crippen molar-refractivity contribution in [3.8, 4) is 11.8 Å². The molecule has 3 nitrogen and oxygen atoms in total. The largest absolute Gasteiger partial charge is 0.452 e. The van der Waals surface area contributed by atoms with E-state index in [0.717, 1.165) is 23.1 Å². The monoisotopic (exact) mass is 351 g/mol. The van der Waals surface area contributed by atoms with Crippen LogP contribution in [-0.2, 0) is 9.53 Å². The first kappa shape index (κ1) is 17.7. The van der Waals surface area contributed by atoms with Crippen molar-refractivity contribution in [1.82, 2.24) is 4.90 Å². The van der Waals surface area contributed by atoms with Gasteiger partial charge in [-0.1, -0.05) is 53.8 Å². The maximum atomic E-state index is 11.9. The zero-order valence-corrected chi connectivity index (χ0v) is 14.4. The minimum Gasteiger partial charge on any atom is -0.452 e. The number of nitrogens with zero attached hydrogens (tertiary/aromatic N) is 1. The van der Waals surface area contributed by atoms with E-state index in [1.165, 1.54) is 0 Å². The van der Waals surface area contributed by atoms with Gasteiger partial charge in [0.2, 0.25) is 0 Å². The number of halogens is 1. The summed E-state index contributed by atoms with van der Waals surface area (Å²) >= 11 is 3.38. The summed E-state index contributed by atoms with van der Waals surface area (Å²) in [5.41, 5.74) is 0.944. The Morgan fingerprint density at radius 1 is 1.24 bits per heavy atom. The molecule has 0 aromatic heterocycles. The standard InChI is InChI=1S/C17H22BrNO2/c1-4-19(5-2)12-6-7-13-21-17(20)14(3)15-8-10-16(18)11-9-15/h8-11,14H,4-5,12-13H2,1-3H3. The molecule has 114 valence electrons. The summed E-state index contributed by atoms with van der Waals surface area (Å²) in [5.74, 6) is 5.39. The van der Waals surface area contributed by atoms with Gasteiger partial charge in [0.05, 0.1) is 12.5 Å². The summed E-state index contributed by atoms with van der Waals surface area (Å²) < 4.78 is 6.19. The Morgan fingerprint density at radius 2 is 1.86 bits per heavy atom. The lowest BCUT2D eigenvalue weighted by Gasteiger charge is -2.13. The van der Waals surface area contributed by atoms with Crippen LogP contribution in [0.4, 0.5) is 0 Å². The first-order valence-electron chi connectivity index (χ1n) is 7.18. The quantitative estimate of drug-likeness (QED) is 0.580. The number of carbonyl (C=O) groups excluding carboxylic acids is 1. The Hall–Kier alpha value is -1.31. The van der Waals surface area contributed by atoms with E-state index in [0.29, 0.717) is 6.54 Å². The molecule has 0 N–H and O–H groups in total. The molecule has 0 fully saturated rings. The van der Waals surface area contributed by atoms with Crippen LogP contribution in [0, 0.1) is 11.8 Å². The third-order valence-electron chi connectivity index (χ3n) is 3.33. The summed E-state index contributed by atoms with van der Waals surface area (Å²) in [4.78, 5) is 14.1. The molecule has 1 aromatic carbocycles. The normalized spacial score (nSPS) is 11.7. The molecule has 0 aliphatic carbocycles. The topological polar surface area (TPSA) is 29.5 Å². The number of ether oxygens (including phenoxy) is 1. The lowest BCUT2D eigenvalue weighted by Crippen LogP contribution is -2.23. The molecule has 0 spiro atoms. The maximum Gasteiger partial charge on any atom is 0.314 e. The third-order valence-corrected chi connectivity index (χ3v) is 3.86. The second-order valence-corrected chi connectivity index (χ2v) is 5.61. The van der Waals surface area contributed by atoms with Gasteiger partial charge < -0.3 is 4.74 Å². The summed E-state index contributed by atoms with van der Waals surface area (Å²) in [6.45, 7) is 8.87. The molecule has 4 heteroatoms. The predicted octanol–water partition coefficient (Wildman–Crippen LogP) is 3.44. The van der Waals surface area contributed by atoms with Gasteiger partial charge >= 0.3 is 5.97 Å². The van der Waals surface area contributed by atoms with E-state index in [-0.39, 0.29) is 18.5 Å². The predicted molar refractivity (Wildman–Crippen MR) is 89.1 cm³/mol. The summed E-state index contributed by atoms with van der Waals surface area (Å²) in [6.07, 6.45) is 0. The van der Waals surface area contributed by atoms with Crippen LogP contribution in [0.1, 0.15) is 32.3 Å². The smallest absolute Gasteiger partial charge is 0.314 e. The van der Waals surface area contributed by atoms with E-state index in [2.05, 4.69) is 46.5 Å². The Bertz CT molecular complexity index is 498. The van der Waals surface area contributed by atoms with Gasteiger partial charge in [0.15, 0.2) is 6.61 Å². The summed E-state index contributed by atoms with van der Waals surface area (Å²) in [7, 11) is 0. The van der Waals surface area contributed by atoms with Gasteiger partial charge in [-0.3, -0.25) is 9.69 Å². The van der Waals surface area contributed by atoms with E-state index in [1.54, 1.807) is 0 Å². The van der Waals surface area contributed by atoms with Crippen LogP contribution in [0.3, 0.4) is 0 Å². The van der Waals surface area contributed by atoms with E-state index in [4.69, 9.17) is 4.74 Å². The first-order chi connectivity index (χ1) is 10.1. The fourth-order valence-corrected chi connectivity index (χ4v) is 2.05. The third kappa shape index (κ3) is 6.33. The molecule has 0 heterocycles. The molecule has 21 heavy (non-hydrogen) atoms. The number of benzene rings is 1. The van der Waals surface area contributed by atoms with Crippen molar-refractivity contribution in [3.05, 3.63) is 34.3 Å². The minimum absolute atomic E-state index is 0.154. The lowest BCUT2D eigenvalue weighted by molar-refractivity contribution is -0.143. The highest BCUT2D eigenvalue weighted by molar-refractivity contribution is 9.10. The molecule has 0 radical (unpaired) electrons. The number of carbonyl (C=O) groups is 1. The Balaban J connectivity index is 2.40. The van der Waals surface area contributed by atoms with Crippen LogP contribution >= 0.6 is 15.9 Å². The molecule has 1 aromatic rings. The second-order valence-electron chi connectivity index (χ2n) is 4.70. The molecule has 0 saturated heterocycles. The number of esters is 1. The van der Waals surface area contributed by atoms with Gasteiger partial charge in [-0.05, 0) is 37.7 Å². The lowest BCUT2D eigenvalue weighted by atomic mass is 10.0. The zero-order valence-electron chi connectivity index (χ0n) is 12.9. The van der Waals surface area contributed by atoms with Gasteiger partial charge in [0.25, 0.3) is 0 Å². The van der Waals surface area contributed by atoms with Gasteiger partial charge in [0.1, 0.15) is 0 Å². The van der Waals surface area contributed by atoms with Crippen LogP contribution < -0.4 is 0 Å². The molecular formula is C17H22BrNO2. The molecule has 0 bridgehead atoms. The highest BCUT2D eigenvalue weighted by Crippen LogP contribution is 2.19. The van der Waals surface area contributed by atoms with E-state index < -0.39 is 0 Å². The van der Waals surface area contributed by atoms with E-state index >= 15 is 0 Å². The van der Waals surface area contributed by atoms with Crippen molar-refractivity contribution in [1.29, 1.82) is 0 Å². The minimum atomic E-state index is -0.275. The van der Waals surface area contributed by atoms with E-state index in [1.807, 2.05) is 31.2 Å². The Kier molecular flexibility index (Phi) is 8.11. The Labute approximate surface area is 135 Å². The van der Waals surface area contributed by atoms with Gasteiger partial charge in [-0.2, -0.15) is 0 Å². The highest BCUT2D eigenvalue weighted by Gasteiger charge is 2.15. The van der Waals surface area contributed by atoms with Crippen LogP contribution in [0.25, 0.3) is 0 Å². The van der Waals surface area contributed by atoms with Crippen molar-refractivity contribution in [2.24, 2.45) is 0 Å². The van der Waals surface area contributed by atoms with Gasteiger partial charge in [-0.15, -0.1) is 0 Å². The van der Waals surface area contributed by atoms with E-state index in [9.17, 15) is 4.79 Å². The molecule has 0 aliphatic rings. The van der Waals surface area contributed by atoms with Crippen LogP contribution in [0.5, 0.6) is 0 Å². The van der Waals surface area contributed by atoms with Crippen molar-refractivity contribution in [3.63, 3.8) is 0 Å². The SMILES string of the molecule is CCN(CC)CC#CCOC(=O)C(C)c1ccc(Br)cc1. The zero-order chi connectivity index (χ0) is 15.7. The highest BCUT2D eigenvalue weighted by atomic mass is 79.9. The average Bonchev–Trinajstić information content (AvgIpc) is 2.50.